The molecule has 0 saturated heterocycles. The third-order valence-electron chi connectivity index (χ3n) is 4.71. The second kappa shape index (κ2) is 12.1. The lowest BCUT2D eigenvalue weighted by Crippen LogP contribution is -2.18. The summed E-state index contributed by atoms with van der Waals surface area (Å²) < 4.78 is 1.14. The molecule has 0 bridgehead atoms. The average Bonchev–Trinajstić information content (AvgIpc) is 3.11. The zero-order valence-electron chi connectivity index (χ0n) is 17.0. The summed E-state index contributed by atoms with van der Waals surface area (Å²) in [5.41, 5.74) is 2.16. The van der Waals surface area contributed by atoms with E-state index in [1.54, 1.807) is 29.2 Å². The first-order chi connectivity index (χ1) is 15.1. The fourth-order valence-corrected chi connectivity index (χ4v) is 5.94. The van der Waals surface area contributed by atoms with Crippen LogP contribution in [0.25, 0.3) is 10.9 Å². The Kier molecular flexibility index (Phi) is 9.52. The van der Waals surface area contributed by atoms with E-state index in [9.17, 15) is 4.79 Å². The summed E-state index contributed by atoms with van der Waals surface area (Å²) in [5, 5.41) is 10.5. The number of aromatic nitrogens is 1. The quantitative estimate of drug-likeness (QED) is 0.187. The molecule has 0 fully saturated rings. The van der Waals surface area contributed by atoms with E-state index in [2.05, 4.69) is 36.9 Å². The normalized spacial score (nSPS) is 10.8. The van der Waals surface area contributed by atoms with Crippen molar-refractivity contribution in [2.75, 3.05) is 18.4 Å². The molecule has 0 unspecified atom stereocenters. The minimum Gasteiger partial charge on any atom is -0.371 e. The molecule has 4 aromatic rings. The van der Waals surface area contributed by atoms with Gasteiger partial charge in [-0.3, -0.25) is 4.79 Å². The van der Waals surface area contributed by atoms with E-state index in [0.717, 1.165) is 46.2 Å². The highest BCUT2D eigenvalue weighted by Gasteiger charge is 2.11. The van der Waals surface area contributed by atoms with Crippen molar-refractivity contribution in [3.63, 3.8) is 0 Å². The van der Waals surface area contributed by atoms with Crippen molar-refractivity contribution < 1.29 is 0 Å². The monoisotopic (exact) mass is 569 g/mol. The van der Waals surface area contributed by atoms with Crippen LogP contribution in [-0.2, 0) is 6.54 Å². The second-order valence-electron chi connectivity index (χ2n) is 6.97. The molecule has 32 heavy (non-hydrogen) atoms. The molecule has 2 heterocycles. The smallest absolute Gasteiger partial charge is 0.191 e. The molecule has 2 aromatic heterocycles. The summed E-state index contributed by atoms with van der Waals surface area (Å²) in [5.74, 6) is 0.757. The highest BCUT2D eigenvalue weighted by molar-refractivity contribution is 9.11. The number of para-hydroxylation sites is 1. The molecule has 9 heteroatoms. The van der Waals surface area contributed by atoms with Crippen LogP contribution < -0.4 is 16.1 Å². The minimum atomic E-state index is 0. The van der Waals surface area contributed by atoms with Gasteiger partial charge >= 0.3 is 0 Å². The molecule has 0 atom stereocenters. The van der Waals surface area contributed by atoms with Gasteiger partial charge in [-0.05, 0) is 76.2 Å². The number of anilines is 1. The van der Waals surface area contributed by atoms with E-state index in [0.29, 0.717) is 5.39 Å². The second-order valence-corrected chi connectivity index (χ2v) is 10.7. The van der Waals surface area contributed by atoms with Crippen LogP contribution in [0, 0.1) is 0 Å². The fourth-order valence-electron chi connectivity index (χ4n) is 3.16. The van der Waals surface area contributed by atoms with Crippen LogP contribution in [0.1, 0.15) is 12.0 Å². The Labute approximate surface area is 214 Å². The van der Waals surface area contributed by atoms with E-state index < -0.39 is 0 Å². The molecule has 0 spiro atoms. The number of hydrogen-bond donors (Lipinski definition) is 3. The fraction of sp³-hybridized carbons (Fsp3) is 0.174. The SMILES string of the molecule is Cl.O=c1cc(NCCCNCc2csc(Br)c2Sc2ccc(Cl)cc2)[nH]c2ccccc12. The molecule has 2 aromatic carbocycles. The van der Waals surface area contributed by atoms with E-state index in [1.807, 2.05) is 48.5 Å². The summed E-state index contributed by atoms with van der Waals surface area (Å²) in [6, 6.07) is 17.1. The number of pyridine rings is 1. The molecule has 0 aliphatic rings. The topological polar surface area (TPSA) is 56.9 Å². The van der Waals surface area contributed by atoms with Crippen molar-refractivity contribution in [2.45, 2.75) is 22.8 Å². The molecular weight excluding hydrogens is 549 g/mol. The highest BCUT2D eigenvalue weighted by atomic mass is 79.9. The van der Waals surface area contributed by atoms with Crippen LogP contribution in [0.2, 0.25) is 5.02 Å². The number of H-pyrrole nitrogens is 1. The lowest BCUT2D eigenvalue weighted by Gasteiger charge is -2.09. The van der Waals surface area contributed by atoms with Crippen molar-refractivity contribution in [3.05, 3.63) is 84.6 Å². The maximum Gasteiger partial charge on any atom is 0.191 e. The van der Waals surface area contributed by atoms with Gasteiger partial charge in [0.05, 0.1) is 9.30 Å². The van der Waals surface area contributed by atoms with Gasteiger partial charge in [-0.25, -0.2) is 0 Å². The minimum absolute atomic E-state index is 0. The van der Waals surface area contributed by atoms with Gasteiger partial charge in [-0.1, -0.05) is 35.5 Å². The lowest BCUT2D eigenvalue weighted by molar-refractivity contribution is 0.659. The highest BCUT2D eigenvalue weighted by Crippen LogP contribution is 2.40. The number of halogens is 3. The summed E-state index contributed by atoms with van der Waals surface area (Å²) in [7, 11) is 0. The van der Waals surface area contributed by atoms with Crippen molar-refractivity contribution >= 4 is 79.8 Å². The average molecular weight is 571 g/mol. The van der Waals surface area contributed by atoms with E-state index in [4.69, 9.17) is 11.6 Å². The number of thiophene rings is 1. The zero-order valence-corrected chi connectivity index (χ0v) is 21.8. The molecule has 0 saturated carbocycles. The van der Waals surface area contributed by atoms with Crippen LogP contribution >= 0.6 is 63.0 Å². The number of benzene rings is 2. The van der Waals surface area contributed by atoms with Gasteiger partial charge in [0.1, 0.15) is 5.82 Å². The van der Waals surface area contributed by atoms with Crippen molar-refractivity contribution in [2.24, 2.45) is 0 Å². The molecule has 4 nitrogen and oxygen atoms in total. The Morgan fingerprint density at radius 1 is 1.09 bits per heavy atom. The predicted octanol–water partition coefficient (Wildman–Crippen LogP) is 7.17. The van der Waals surface area contributed by atoms with Crippen LogP contribution in [0.3, 0.4) is 0 Å². The first-order valence-corrected chi connectivity index (χ1v) is 12.7. The number of fused-ring (bicyclic) bond motifs is 1. The van der Waals surface area contributed by atoms with Crippen LogP contribution in [0.15, 0.2) is 78.3 Å². The van der Waals surface area contributed by atoms with Crippen LogP contribution in [0.4, 0.5) is 5.82 Å². The molecule has 0 aliphatic carbocycles. The predicted molar refractivity (Wildman–Crippen MR) is 144 cm³/mol. The molecule has 0 radical (unpaired) electrons. The Bertz CT molecular complexity index is 1230. The summed E-state index contributed by atoms with van der Waals surface area (Å²) in [6.45, 7) is 2.47. The Morgan fingerprint density at radius 2 is 1.88 bits per heavy atom. The summed E-state index contributed by atoms with van der Waals surface area (Å²) in [4.78, 5) is 17.9. The number of nitrogens with one attached hydrogen (secondary N) is 3. The van der Waals surface area contributed by atoms with Gasteiger partial charge in [0.2, 0.25) is 0 Å². The summed E-state index contributed by atoms with van der Waals surface area (Å²) in [6.07, 6.45) is 0.944. The molecular formula is C23H22BrCl2N3OS2. The number of rotatable bonds is 9. The molecule has 0 aliphatic heterocycles. The Balaban J connectivity index is 0.00000289. The maximum absolute atomic E-state index is 12.2. The van der Waals surface area contributed by atoms with Gasteiger partial charge < -0.3 is 15.6 Å². The van der Waals surface area contributed by atoms with Crippen molar-refractivity contribution in [1.82, 2.24) is 10.3 Å². The zero-order chi connectivity index (χ0) is 21.6. The standard InChI is InChI=1S/C23H21BrClN3OS2.ClH/c24-23-22(31-17-8-6-16(25)7-9-17)15(14-30-23)13-26-10-3-11-27-21-12-20(29)18-4-1-2-5-19(18)28-21;/h1-2,4-9,12,14,26H,3,10-11,13H2,(H2,27,28,29);1H. The first-order valence-electron chi connectivity index (χ1n) is 9.86. The van der Waals surface area contributed by atoms with Crippen LogP contribution in [-0.4, -0.2) is 18.1 Å². The van der Waals surface area contributed by atoms with Gasteiger partial charge in [-0.2, -0.15) is 0 Å². The molecule has 3 N–H and O–H groups in total. The number of aromatic amines is 1. The molecule has 0 amide bonds. The third-order valence-corrected chi connectivity index (χ3v) is 8.30. The van der Waals surface area contributed by atoms with Crippen LogP contribution in [0.5, 0.6) is 0 Å². The van der Waals surface area contributed by atoms with Crippen molar-refractivity contribution in [1.29, 1.82) is 0 Å². The van der Waals surface area contributed by atoms with Gasteiger partial charge in [0.15, 0.2) is 5.43 Å². The van der Waals surface area contributed by atoms with Gasteiger partial charge in [0, 0.05) is 39.4 Å². The van der Waals surface area contributed by atoms with E-state index in [1.165, 1.54) is 15.4 Å². The van der Waals surface area contributed by atoms with E-state index in [-0.39, 0.29) is 17.8 Å². The van der Waals surface area contributed by atoms with Gasteiger partial charge in [0.25, 0.3) is 0 Å². The van der Waals surface area contributed by atoms with Crippen molar-refractivity contribution in [3.8, 4) is 0 Å². The molecule has 4 rings (SSSR count). The van der Waals surface area contributed by atoms with Gasteiger partial charge in [-0.15, -0.1) is 23.7 Å². The van der Waals surface area contributed by atoms with E-state index >= 15 is 0 Å². The Hall–Kier alpha value is -1.48. The third kappa shape index (κ3) is 6.53. The first kappa shape index (κ1) is 25.1. The molecule has 168 valence electrons. The largest absolute Gasteiger partial charge is 0.371 e. The summed E-state index contributed by atoms with van der Waals surface area (Å²) >= 11 is 13.1. The Morgan fingerprint density at radius 3 is 2.69 bits per heavy atom. The lowest BCUT2D eigenvalue weighted by atomic mass is 10.2. The number of hydrogen-bond acceptors (Lipinski definition) is 5. The maximum atomic E-state index is 12.2.